The van der Waals surface area contributed by atoms with Crippen molar-refractivity contribution in [3.8, 4) is 0 Å². The van der Waals surface area contributed by atoms with E-state index in [4.69, 9.17) is 10.9 Å². The number of primary sulfonamides is 1. The van der Waals surface area contributed by atoms with Crippen LogP contribution in [0, 0.1) is 5.82 Å². The molecular weight excluding hydrogens is 390 g/mol. The number of hydrogen-bond acceptors (Lipinski definition) is 4. The van der Waals surface area contributed by atoms with Gasteiger partial charge in [0.05, 0.1) is 5.56 Å². The molecule has 2 aromatic rings. The monoisotopic (exact) mass is 405 g/mol. The first kappa shape index (κ1) is 20.8. The highest BCUT2D eigenvalue weighted by molar-refractivity contribution is 7.89. The summed E-state index contributed by atoms with van der Waals surface area (Å²) in [4.78, 5) is 11.4. The van der Waals surface area contributed by atoms with Gasteiger partial charge < -0.3 is 11.1 Å². The van der Waals surface area contributed by atoms with Crippen LogP contribution in [0.2, 0.25) is 0 Å². The van der Waals surface area contributed by atoms with E-state index in [1.54, 1.807) is 0 Å². The number of nitrogens with two attached hydrogens (primary N) is 2. The summed E-state index contributed by atoms with van der Waals surface area (Å²) in [5, 5.41) is 7.29. The summed E-state index contributed by atoms with van der Waals surface area (Å²) < 4.78 is 73.7. The molecule has 0 radical (unpaired) electrons. The first-order valence-electron chi connectivity index (χ1n) is 7.41. The smallest absolute Gasteiger partial charge is 0.350 e. The van der Waals surface area contributed by atoms with Crippen LogP contribution in [-0.2, 0) is 27.5 Å². The number of amides is 1. The first-order valence-corrected chi connectivity index (χ1v) is 8.96. The molecule has 0 bridgehead atoms. The van der Waals surface area contributed by atoms with Crippen molar-refractivity contribution in [2.45, 2.75) is 23.7 Å². The number of halogens is 4. The van der Waals surface area contributed by atoms with Crippen LogP contribution in [0.15, 0.2) is 47.4 Å². The SMILES string of the molecule is NC(C(=O)NCc1ccc(F)c(S(N)(=O)=O)c1)c1ccc(C(F)(F)F)cc1. The minimum Gasteiger partial charge on any atom is -0.350 e. The molecule has 2 rings (SSSR count). The molecule has 0 aromatic heterocycles. The normalized spacial score (nSPS) is 13.3. The summed E-state index contributed by atoms with van der Waals surface area (Å²) in [6, 6.07) is 5.64. The van der Waals surface area contributed by atoms with E-state index in [2.05, 4.69) is 5.32 Å². The van der Waals surface area contributed by atoms with Crippen molar-refractivity contribution in [1.29, 1.82) is 0 Å². The summed E-state index contributed by atoms with van der Waals surface area (Å²) in [6.45, 7) is -0.185. The molecule has 1 amide bonds. The average Bonchev–Trinajstić information content (AvgIpc) is 2.58. The molecule has 0 aliphatic carbocycles. The lowest BCUT2D eigenvalue weighted by atomic mass is 10.0. The highest BCUT2D eigenvalue weighted by atomic mass is 32.2. The quantitative estimate of drug-likeness (QED) is 0.658. The molecule has 0 saturated carbocycles. The molecule has 0 saturated heterocycles. The first-order chi connectivity index (χ1) is 12.4. The van der Waals surface area contributed by atoms with Gasteiger partial charge in [-0.2, -0.15) is 13.2 Å². The molecule has 0 spiro atoms. The maximum Gasteiger partial charge on any atom is 0.416 e. The van der Waals surface area contributed by atoms with E-state index in [0.29, 0.717) is 0 Å². The van der Waals surface area contributed by atoms with Gasteiger partial charge in [-0.05, 0) is 35.4 Å². The number of carbonyl (C=O) groups excluding carboxylic acids is 1. The number of carbonyl (C=O) groups is 1. The Morgan fingerprint density at radius 3 is 2.22 bits per heavy atom. The summed E-state index contributed by atoms with van der Waals surface area (Å²) in [6.07, 6.45) is -4.51. The van der Waals surface area contributed by atoms with Gasteiger partial charge in [0.25, 0.3) is 0 Å². The van der Waals surface area contributed by atoms with Gasteiger partial charge in [0.1, 0.15) is 16.8 Å². The van der Waals surface area contributed by atoms with Gasteiger partial charge in [-0.15, -0.1) is 0 Å². The third-order valence-corrected chi connectivity index (χ3v) is 4.57. The van der Waals surface area contributed by atoms with Gasteiger partial charge in [0.2, 0.25) is 15.9 Å². The Kier molecular flexibility index (Phi) is 5.88. The Morgan fingerprint density at radius 2 is 1.70 bits per heavy atom. The Hall–Kier alpha value is -2.50. The number of hydrogen-bond donors (Lipinski definition) is 3. The van der Waals surface area contributed by atoms with E-state index in [1.807, 2.05) is 0 Å². The van der Waals surface area contributed by atoms with Gasteiger partial charge >= 0.3 is 6.18 Å². The van der Waals surface area contributed by atoms with Crippen molar-refractivity contribution in [2.24, 2.45) is 10.9 Å². The number of benzene rings is 2. The van der Waals surface area contributed by atoms with Crippen LogP contribution in [0.25, 0.3) is 0 Å². The van der Waals surface area contributed by atoms with Crippen molar-refractivity contribution >= 4 is 15.9 Å². The average molecular weight is 405 g/mol. The molecule has 0 heterocycles. The van der Waals surface area contributed by atoms with E-state index >= 15 is 0 Å². The van der Waals surface area contributed by atoms with Gasteiger partial charge in [-0.3, -0.25) is 4.79 Å². The van der Waals surface area contributed by atoms with E-state index in [0.717, 1.165) is 36.4 Å². The molecular formula is C16H15F4N3O3S. The van der Waals surface area contributed by atoms with Gasteiger partial charge in [0.15, 0.2) is 0 Å². The van der Waals surface area contributed by atoms with Crippen LogP contribution in [0.5, 0.6) is 0 Å². The minimum atomic E-state index is -4.51. The maximum absolute atomic E-state index is 13.5. The molecule has 11 heteroatoms. The summed E-state index contributed by atoms with van der Waals surface area (Å²) in [7, 11) is -4.27. The van der Waals surface area contributed by atoms with Crippen LogP contribution in [-0.4, -0.2) is 14.3 Å². The van der Waals surface area contributed by atoms with Gasteiger partial charge in [0, 0.05) is 6.54 Å². The maximum atomic E-state index is 13.5. The standard InChI is InChI=1S/C16H15F4N3O3S/c17-12-6-1-9(7-13(12)27(22,25)26)8-23-15(24)14(21)10-2-4-11(5-3-10)16(18,19)20/h1-7,14H,8,21H2,(H,23,24)(H2,22,25,26). The van der Waals surface area contributed by atoms with Crippen molar-refractivity contribution in [3.63, 3.8) is 0 Å². The fourth-order valence-electron chi connectivity index (χ4n) is 2.21. The largest absolute Gasteiger partial charge is 0.416 e. The third kappa shape index (κ3) is 5.25. The Bertz CT molecular complexity index is 944. The second-order valence-corrected chi connectivity index (χ2v) is 7.15. The van der Waals surface area contributed by atoms with Crippen LogP contribution < -0.4 is 16.2 Å². The molecule has 6 nitrogen and oxygen atoms in total. The molecule has 0 aliphatic rings. The topological polar surface area (TPSA) is 115 Å². The molecule has 1 atom stereocenters. The number of nitrogens with one attached hydrogen (secondary N) is 1. The Labute approximate surface area is 152 Å². The van der Waals surface area contributed by atoms with Crippen molar-refractivity contribution in [1.82, 2.24) is 5.32 Å². The zero-order valence-corrected chi connectivity index (χ0v) is 14.4. The molecule has 2 aromatic carbocycles. The van der Waals surface area contributed by atoms with Crippen molar-refractivity contribution < 1.29 is 30.8 Å². The lowest BCUT2D eigenvalue weighted by Gasteiger charge is -2.14. The third-order valence-electron chi connectivity index (χ3n) is 3.65. The number of rotatable bonds is 5. The summed E-state index contributed by atoms with van der Waals surface area (Å²) >= 11 is 0. The summed E-state index contributed by atoms with van der Waals surface area (Å²) in [5.74, 6) is -1.75. The highest BCUT2D eigenvalue weighted by Gasteiger charge is 2.30. The molecule has 146 valence electrons. The predicted octanol–water partition coefficient (Wildman–Crippen LogP) is 1.81. The predicted molar refractivity (Wildman–Crippen MR) is 88.0 cm³/mol. The van der Waals surface area contributed by atoms with E-state index < -0.39 is 44.4 Å². The molecule has 1 unspecified atom stereocenters. The highest BCUT2D eigenvalue weighted by Crippen LogP contribution is 2.29. The van der Waals surface area contributed by atoms with E-state index in [-0.39, 0.29) is 17.7 Å². The Balaban J connectivity index is 2.07. The van der Waals surface area contributed by atoms with Crippen LogP contribution in [0.3, 0.4) is 0 Å². The fourth-order valence-corrected chi connectivity index (χ4v) is 2.86. The van der Waals surface area contributed by atoms with Crippen LogP contribution in [0.4, 0.5) is 17.6 Å². The van der Waals surface area contributed by atoms with Crippen molar-refractivity contribution in [2.75, 3.05) is 0 Å². The number of alkyl halides is 3. The fraction of sp³-hybridized carbons (Fsp3) is 0.188. The zero-order chi connectivity index (χ0) is 20.4. The van der Waals surface area contributed by atoms with Crippen LogP contribution >= 0.6 is 0 Å². The van der Waals surface area contributed by atoms with Gasteiger partial charge in [-0.25, -0.2) is 17.9 Å². The zero-order valence-electron chi connectivity index (χ0n) is 13.6. The molecule has 5 N–H and O–H groups in total. The molecule has 0 aliphatic heterocycles. The Morgan fingerprint density at radius 1 is 1.11 bits per heavy atom. The lowest BCUT2D eigenvalue weighted by Crippen LogP contribution is -2.33. The summed E-state index contributed by atoms with van der Waals surface area (Å²) in [5.41, 5.74) is 5.24. The molecule has 27 heavy (non-hydrogen) atoms. The second kappa shape index (κ2) is 7.62. The van der Waals surface area contributed by atoms with Crippen molar-refractivity contribution in [3.05, 3.63) is 65.0 Å². The number of sulfonamides is 1. The van der Waals surface area contributed by atoms with Crippen LogP contribution in [0.1, 0.15) is 22.7 Å². The van der Waals surface area contributed by atoms with E-state index in [9.17, 15) is 30.8 Å². The molecule has 0 fully saturated rings. The lowest BCUT2D eigenvalue weighted by molar-refractivity contribution is -0.137. The minimum absolute atomic E-state index is 0.157. The van der Waals surface area contributed by atoms with Gasteiger partial charge in [-0.1, -0.05) is 18.2 Å². The van der Waals surface area contributed by atoms with E-state index in [1.165, 1.54) is 6.07 Å². The second-order valence-electron chi connectivity index (χ2n) is 5.63.